The number of nitrogens with one attached hydrogen (secondary N) is 2. The van der Waals surface area contributed by atoms with E-state index in [2.05, 4.69) is 15.3 Å². The third kappa shape index (κ3) is 4.56. The van der Waals surface area contributed by atoms with E-state index in [-0.39, 0.29) is 30.1 Å². The summed E-state index contributed by atoms with van der Waals surface area (Å²) in [6.45, 7) is 2.78. The second-order valence-corrected chi connectivity index (χ2v) is 7.41. The maximum absolute atomic E-state index is 12.4. The average molecular weight is 420 g/mol. The highest BCUT2D eigenvalue weighted by Gasteiger charge is 2.16. The molecule has 0 aliphatic rings. The second-order valence-electron chi connectivity index (χ2n) is 6.05. The highest BCUT2D eigenvalue weighted by molar-refractivity contribution is 7.14. The van der Waals surface area contributed by atoms with Gasteiger partial charge in [0.1, 0.15) is 10.8 Å². The Morgan fingerprint density at radius 2 is 2.14 bits per heavy atom. The quantitative estimate of drug-likeness (QED) is 0.542. The van der Waals surface area contributed by atoms with Crippen LogP contribution >= 0.6 is 22.9 Å². The Kier molecular flexibility index (Phi) is 6.08. The van der Waals surface area contributed by atoms with Crippen molar-refractivity contribution in [1.29, 1.82) is 0 Å². The van der Waals surface area contributed by atoms with Gasteiger partial charge in [-0.25, -0.2) is 4.98 Å². The van der Waals surface area contributed by atoms with Gasteiger partial charge in [0.15, 0.2) is 0 Å². The molecule has 0 saturated carbocycles. The van der Waals surface area contributed by atoms with Crippen molar-refractivity contribution < 1.29 is 9.59 Å². The molecule has 0 fully saturated rings. The summed E-state index contributed by atoms with van der Waals surface area (Å²) in [7, 11) is 0. The van der Waals surface area contributed by atoms with Gasteiger partial charge in [-0.1, -0.05) is 18.5 Å². The summed E-state index contributed by atoms with van der Waals surface area (Å²) in [6.07, 6.45) is 0. The topological polar surface area (TPSA) is 121 Å². The number of nitrogens with zero attached hydrogens (tertiary/aromatic N) is 2. The van der Waals surface area contributed by atoms with Crippen LogP contribution in [0.15, 0.2) is 34.4 Å². The molecule has 2 aromatic heterocycles. The number of H-pyrrole nitrogens is 1. The van der Waals surface area contributed by atoms with Crippen molar-refractivity contribution >= 4 is 50.7 Å². The third-order valence-corrected chi connectivity index (χ3v) is 5.15. The molecule has 0 aliphatic heterocycles. The number of primary amides is 1. The second kappa shape index (κ2) is 8.51. The van der Waals surface area contributed by atoms with Gasteiger partial charge >= 0.3 is 0 Å². The van der Waals surface area contributed by atoms with E-state index in [9.17, 15) is 14.4 Å². The number of carbonyl (C=O) groups is 2. The lowest BCUT2D eigenvalue weighted by Gasteiger charge is -2.19. The molecule has 146 valence electrons. The van der Waals surface area contributed by atoms with Crippen LogP contribution < -0.4 is 16.6 Å². The number of nitrogens with two attached hydrogens (primary N) is 1. The minimum absolute atomic E-state index is 0.0594. The summed E-state index contributed by atoms with van der Waals surface area (Å²) in [6, 6.07) is 6.44. The molecule has 3 rings (SSSR count). The van der Waals surface area contributed by atoms with Crippen molar-refractivity contribution in [3.63, 3.8) is 0 Å². The van der Waals surface area contributed by atoms with Gasteiger partial charge in [0.2, 0.25) is 5.91 Å². The number of benzene rings is 1. The van der Waals surface area contributed by atoms with Crippen LogP contribution in [0.25, 0.3) is 10.9 Å². The van der Waals surface area contributed by atoms with E-state index < -0.39 is 5.91 Å². The van der Waals surface area contributed by atoms with E-state index in [0.717, 1.165) is 0 Å². The molecule has 0 radical (unpaired) electrons. The van der Waals surface area contributed by atoms with E-state index in [1.165, 1.54) is 11.3 Å². The third-order valence-electron chi connectivity index (χ3n) is 4.09. The molecule has 28 heavy (non-hydrogen) atoms. The van der Waals surface area contributed by atoms with E-state index in [0.29, 0.717) is 33.3 Å². The van der Waals surface area contributed by atoms with Crippen molar-refractivity contribution in [3.8, 4) is 0 Å². The van der Waals surface area contributed by atoms with Crippen molar-refractivity contribution in [2.45, 2.75) is 13.5 Å². The molecule has 0 bridgehead atoms. The fourth-order valence-electron chi connectivity index (χ4n) is 2.70. The maximum atomic E-state index is 12.4. The van der Waals surface area contributed by atoms with E-state index in [1.807, 2.05) is 11.8 Å². The van der Waals surface area contributed by atoms with Gasteiger partial charge in [-0.2, -0.15) is 0 Å². The molecule has 1 aromatic carbocycles. The number of fused-ring (bicyclic) bond motifs is 1. The number of amides is 2. The van der Waals surface area contributed by atoms with E-state index in [1.54, 1.807) is 29.6 Å². The molecule has 4 N–H and O–H groups in total. The number of rotatable bonds is 7. The molecule has 0 spiro atoms. The normalized spacial score (nSPS) is 11.1. The lowest BCUT2D eigenvalue weighted by molar-refractivity contribution is -0.117. The van der Waals surface area contributed by atoms with Gasteiger partial charge < -0.3 is 16.0 Å². The first-order chi connectivity index (χ1) is 13.4. The fraction of sp³-hybridized carbons (Fsp3) is 0.222. The van der Waals surface area contributed by atoms with Crippen LogP contribution in [0.3, 0.4) is 0 Å². The Bertz CT molecular complexity index is 1090. The van der Waals surface area contributed by atoms with Crippen LogP contribution in [0.2, 0.25) is 5.02 Å². The van der Waals surface area contributed by atoms with Crippen molar-refractivity contribution in [2.24, 2.45) is 5.73 Å². The molecule has 0 saturated heterocycles. The molecule has 0 aliphatic carbocycles. The number of aromatic amines is 1. The first-order valence-corrected chi connectivity index (χ1v) is 9.71. The Morgan fingerprint density at radius 1 is 1.36 bits per heavy atom. The largest absolute Gasteiger partial charge is 0.366 e. The molecule has 0 atom stereocenters. The minimum Gasteiger partial charge on any atom is -0.366 e. The molecule has 2 heterocycles. The van der Waals surface area contributed by atoms with Gasteiger partial charge in [-0.05, 0) is 36.2 Å². The number of aromatic nitrogens is 2. The molecular formula is C18H18ClN5O3S. The number of anilines is 1. The zero-order valence-electron chi connectivity index (χ0n) is 15.0. The lowest BCUT2D eigenvalue weighted by atomic mass is 10.2. The summed E-state index contributed by atoms with van der Waals surface area (Å²) in [5.41, 5.74) is 5.80. The van der Waals surface area contributed by atoms with Gasteiger partial charge in [0.25, 0.3) is 11.5 Å². The Hall–Kier alpha value is -2.75. The Balaban J connectivity index is 1.73. The zero-order chi connectivity index (χ0) is 20.3. The van der Waals surface area contributed by atoms with Gasteiger partial charge in [-0.15, -0.1) is 11.3 Å². The van der Waals surface area contributed by atoms with Crippen LogP contribution in [0.5, 0.6) is 0 Å². The van der Waals surface area contributed by atoms with Crippen LogP contribution in [0, 0.1) is 0 Å². The SMILES string of the molecule is CCN(CC(=O)Nc1sccc1C(N)=O)Cc1nc2cc(Cl)ccc2c(=O)[nH]1. The number of carbonyl (C=O) groups excluding carboxylic acids is 2. The number of thiophene rings is 1. The molecule has 10 heteroatoms. The standard InChI is InChI=1S/C18H18ClN5O3S/c1-2-24(9-15(25)23-18-12(16(20)26)5-6-28-18)8-14-21-13-7-10(19)3-4-11(13)17(27)22-14/h3-7H,2,8-9H2,1H3,(H2,20,26)(H,23,25)(H,21,22,27). The summed E-state index contributed by atoms with van der Waals surface area (Å²) >= 11 is 7.21. The zero-order valence-corrected chi connectivity index (χ0v) is 16.6. The summed E-state index contributed by atoms with van der Waals surface area (Å²) < 4.78 is 0. The first-order valence-electron chi connectivity index (χ1n) is 8.45. The molecule has 0 unspecified atom stereocenters. The summed E-state index contributed by atoms with van der Waals surface area (Å²) in [4.78, 5) is 44.9. The highest BCUT2D eigenvalue weighted by Crippen LogP contribution is 2.22. The Labute approximate surface area is 169 Å². The molecule has 8 nitrogen and oxygen atoms in total. The van der Waals surface area contributed by atoms with Gasteiger partial charge in [-0.3, -0.25) is 19.3 Å². The predicted molar refractivity (Wildman–Crippen MR) is 110 cm³/mol. The number of halogens is 1. The lowest BCUT2D eigenvalue weighted by Crippen LogP contribution is -2.34. The van der Waals surface area contributed by atoms with E-state index >= 15 is 0 Å². The number of hydrogen-bond acceptors (Lipinski definition) is 6. The Morgan fingerprint density at radius 3 is 2.86 bits per heavy atom. The number of hydrogen-bond donors (Lipinski definition) is 3. The van der Waals surface area contributed by atoms with Crippen molar-refractivity contribution in [3.05, 3.63) is 56.4 Å². The smallest absolute Gasteiger partial charge is 0.258 e. The van der Waals surface area contributed by atoms with Crippen molar-refractivity contribution in [1.82, 2.24) is 14.9 Å². The van der Waals surface area contributed by atoms with Gasteiger partial charge in [0.05, 0.1) is 29.6 Å². The monoisotopic (exact) mass is 419 g/mol. The highest BCUT2D eigenvalue weighted by atomic mass is 35.5. The number of likely N-dealkylation sites (N-methyl/N-ethyl adjacent to an activating group) is 1. The van der Waals surface area contributed by atoms with Crippen LogP contribution in [0.1, 0.15) is 23.1 Å². The maximum Gasteiger partial charge on any atom is 0.258 e. The fourth-order valence-corrected chi connectivity index (χ4v) is 3.67. The molecular weight excluding hydrogens is 402 g/mol. The summed E-state index contributed by atoms with van der Waals surface area (Å²) in [5.74, 6) is -0.457. The molecule has 3 aromatic rings. The van der Waals surface area contributed by atoms with E-state index in [4.69, 9.17) is 17.3 Å². The van der Waals surface area contributed by atoms with Crippen molar-refractivity contribution in [2.75, 3.05) is 18.4 Å². The van der Waals surface area contributed by atoms with Gasteiger partial charge in [0, 0.05) is 5.02 Å². The van der Waals surface area contributed by atoms with Crippen LogP contribution in [-0.2, 0) is 11.3 Å². The van der Waals surface area contributed by atoms with Crippen LogP contribution in [-0.4, -0.2) is 39.8 Å². The average Bonchev–Trinajstić information content (AvgIpc) is 3.09. The molecule has 2 amide bonds. The van der Waals surface area contributed by atoms with Crippen LogP contribution in [0.4, 0.5) is 5.00 Å². The minimum atomic E-state index is -0.597. The predicted octanol–water partition coefficient (Wildman–Crippen LogP) is 2.20. The first kappa shape index (κ1) is 20.0. The summed E-state index contributed by atoms with van der Waals surface area (Å²) in [5, 5.41) is 5.74.